The van der Waals surface area contributed by atoms with Crippen molar-refractivity contribution in [2.24, 2.45) is 5.73 Å². The standard InChI is InChI=1S/C11H11FN4O/c1-6-4-7(12)2-3-9(6)16-10(13)8(5-15-16)11(14)17/h2-5H,13H2,1H3,(H2,14,17). The SMILES string of the molecule is Cc1cc(F)ccc1-n1ncc(C(N)=O)c1N. The highest BCUT2D eigenvalue weighted by atomic mass is 19.1. The lowest BCUT2D eigenvalue weighted by Crippen LogP contribution is -2.13. The molecule has 0 aliphatic heterocycles. The van der Waals surface area contributed by atoms with E-state index < -0.39 is 5.91 Å². The van der Waals surface area contributed by atoms with Gasteiger partial charge in [-0.15, -0.1) is 0 Å². The van der Waals surface area contributed by atoms with Crippen LogP contribution in [0.5, 0.6) is 0 Å². The minimum atomic E-state index is -0.645. The molecule has 1 aromatic heterocycles. The summed E-state index contributed by atoms with van der Waals surface area (Å²) in [5, 5.41) is 3.97. The lowest BCUT2D eigenvalue weighted by atomic mass is 10.2. The topological polar surface area (TPSA) is 86.9 Å². The van der Waals surface area contributed by atoms with Crippen LogP contribution < -0.4 is 11.5 Å². The Morgan fingerprint density at radius 1 is 1.47 bits per heavy atom. The number of halogens is 1. The van der Waals surface area contributed by atoms with E-state index in [0.717, 1.165) is 0 Å². The first kappa shape index (κ1) is 11.1. The summed E-state index contributed by atoms with van der Waals surface area (Å²) in [6.45, 7) is 1.73. The molecule has 1 heterocycles. The molecule has 2 rings (SSSR count). The van der Waals surface area contributed by atoms with Crippen LogP contribution in [-0.2, 0) is 0 Å². The van der Waals surface area contributed by atoms with Crippen molar-refractivity contribution in [2.75, 3.05) is 5.73 Å². The molecule has 1 amide bonds. The number of nitrogen functional groups attached to an aromatic ring is 1. The molecular formula is C11H11FN4O. The Hall–Kier alpha value is -2.37. The van der Waals surface area contributed by atoms with E-state index in [-0.39, 0.29) is 17.2 Å². The predicted molar refractivity (Wildman–Crippen MR) is 61.2 cm³/mol. The van der Waals surface area contributed by atoms with Gasteiger partial charge in [0.05, 0.1) is 11.9 Å². The van der Waals surface area contributed by atoms with E-state index in [1.165, 1.54) is 23.0 Å². The van der Waals surface area contributed by atoms with Crippen molar-refractivity contribution in [3.8, 4) is 5.69 Å². The third-order valence-corrected chi connectivity index (χ3v) is 2.46. The monoisotopic (exact) mass is 234 g/mol. The summed E-state index contributed by atoms with van der Waals surface area (Å²) < 4.78 is 14.3. The van der Waals surface area contributed by atoms with Gasteiger partial charge in [0.2, 0.25) is 0 Å². The minimum absolute atomic E-state index is 0.146. The number of nitrogens with two attached hydrogens (primary N) is 2. The molecule has 0 fully saturated rings. The lowest BCUT2D eigenvalue weighted by Gasteiger charge is -2.07. The molecule has 0 aliphatic carbocycles. The van der Waals surface area contributed by atoms with Gasteiger partial charge >= 0.3 is 0 Å². The molecule has 17 heavy (non-hydrogen) atoms. The maximum atomic E-state index is 13.0. The average molecular weight is 234 g/mol. The van der Waals surface area contributed by atoms with Crippen LogP contribution in [0.1, 0.15) is 15.9 Å². The molecule has 5 nitrogen and oxygen atoms in total. The number of carbonyl (C=O) groups is 1. The number of aromatic nitrogens is 2. The Labute approximate surface area is 96.8 Å². The molecule has 2 aromatic rings. The van der Waals surface area contributed by atoms with Gasteiger partial charge in [-0.3, -0.25) is 4.79 Å². The van der Waals surface area contributed by atoms with Crippen LogP contribution in [0.3, 0.4) is 0 Å². The number of hydrogen-bond acceptors (Lipinski definition) is 3. The molecule has 0 radical (unpaired) electrons. The van der Waals surface area contributed by atoms with Gasteiger partial charge in [0, 0.05) is 0 Å². The van der Waals surface area contributed by atoms with Gasteiger partial charge in [0.15, 0.2) is 0 Å². The summed E-state index contributed by atoms with van der Waals surface area (Å²) in [4.78, 5) is 11.0. The van der Waals surface area contributed by atoms with Crippen molar-refractivity contribution in [3.63, 3.8) is 0 Å². The second-order valence-electron chi connectivity index (χ2n) is 3.65. The smallest absolute Gasteiger partial charge is 0.254 e. The van der Waals surface area contributed by atoms with E-state index in [1.54, 1.807) is 13.0 Å². The van der Waals surface area contributed by atoms with Gasteiger partial charge in [-0.1, -0.05) is 0 Å². The quantitative estimate of drug-likeness (QED) is 0.812. The number of benzene rings is 1. The number of aryl methyl sites for hydroxylation is 1. The lowest BCUT2D eigenvalue weighted by molar-refractivity contribution is 0.100. The number of rotatable bonds is 2. The van der Waals surface area contributed by atoms with Gasteiger partial charge in [0.1, 0.15) is 17.2 Å². The van der Waals surface area contributed by atoms with E-state index in [9.17, 15) is 9.18 Å². The molecule has 0 unspecified atom stereocenters. The average Bonchev–Trinajstić information content (AvgIpc) is 2.60. The van der Waals surface area contributed by atoms with Gasteiger partial charge in [-0.25, -0.2) is 9.07 Å². The van der Waals surface area contributed by atoms with Crippen molar-refractivity contribution in [1.29, 1.82) is 0 Å². The summed E-state index contributed by atoms with van der Waals surface area (Å²) in [6, 6.07) is 4.20. The van der Waals surface area contributed by atoms with Crippen molar-refractivity contribution in [1.82, 2.24) is 9.78 Å². The van der Waals surface area contributed by atoms with Gasteiger partial charge in [0.25, 0.3) is 5.91 Å². The fourth-order valence-electron chi connectivity index (χ4n) is 1.60. The first-order valence-electron chi connectivity index (χ1n) is 4.90. The van der Waals surface area contributed by atoms with Crippen molar-refractivity contribution in [2.45, 2.75) is 6.92 Å². The van der Waals surface area contributed by atoms with Crippen LogP contribution in [0.2, 0.25) is 0 Å². The van der Waals surface area contributed by atoms with Crippen LogP contribution in [0.4, 0.5) is 10.2 Å². The number of carbonyl (C=O) groups excluding carboxylic acids is 1. The van der Waals surface area contributed by atoms with Gasteiger partial charge < -0.3 is 11.5 Å². The van der Waals surface area contributed by atoms with Crippen LogP contribution in [-0.4, -0.2) is 15.7 Å². The molecule has 0 saturated heterocycles. The third-order valence-electron chi connectivity index (χ3n) is 2.46. The molecule has 0 atom stereocenters. The molecule has 4 N–H and O–H groups in total. The second-order valence-corrected chi connectivity index (χ2v) is 3.65. The summed E-state index contributed by atoms with van der Waals surface area (Å²) in [7, 11) is 0. The Balaban J connectivity index is 2.57. The minimum Gasteiger partial charge on any atom is -0.383 e. The van der Waals surface area contributed by atoms with E-state index in [0.29, 0.717) is 11.3 Å². The second kappa shape index (κ2) is 3.89. The first-order valence-corrected chi connectivity index (χ1v) is 4.90. The number of primary amides is 1. The largest absolute Gasteiger partial charge is 0.383 e. The molecule has 0 saturated carbocycles. The van der Waals surface area contributed by atoms with Crippen molar-refractivity contribution >= 4 is 11.7 Å². The molecule has 0 bridgehead atoms. The highest BCUT2D eigenvalue weighted by molar-refractivity contribution is 5.97. The molecule has 6 heteroatoms. The normalized spacial score (nSPS) is 10.5. The maximum Gasteiger partial charge on any atom is 0.254 e. The summed E-state index contributed by atoms with van der Waals surface area (Å²) in [6.07, 6.45) is 1.29. The Kier molecular flexibility index (Phi) is 2.55. The Morgan fingerprint density at radius 2 is 2.18 bits per heavy atom. The number of hydrogen-bond donors (Lipinski definition) is 2. The molecule has 88 valence electrons. The molecular weight excluding hydrogens is 223 g/mol. The van der Waals surface area contributed by atoms with E-state index in [4.69, 9.17) is 11.5 Å². The van der Waals surface area contributed by atoms with Gasteiger partial charge in [-0.2, -0.15) is 5.10 Å². The van der Waals surface area contributed by atoms with E-state index in [1.807, 2.05) is 0 Å². The van der Waals surface area contributed by atoms with Crippen molar-refractivity contribution < 1.29 is 9.18 Å². The highest BCUT2D eigenvalue weighted by Crippen LogP contribution is 2.20. The number of amides is 1. The zero-order valence-corrected chi connectivity index (χ0v) is 9.14. The maximum absolute atomic E-state index is 13.0. The third kappa shape index (κ3) is 1.84. The molecule has 0 spiro atoms. The van der Waals surface area contributed by atoms with Crippen molar-refractivity contribution in [3.05, 3.63) is 41.3 Å². The zero-order valence-electron chi connectivity index (χ0n) is 9.14. The van der Waals surface area contributed by atoms with E-state index >= 15 is 0 Å². The van der Waals surface area contributed by atoms with Crippen LogP contribution in [0.15, 0.2) is 24.4 Å². The summed E-state index contributed by atoms with van der Waals surface area (Å²) in [5.41, 5.74) is 12.3. The van der Waals surface area contributed by atoms with Crippen LogP contribution >= 0.6 is 0 Å². The van der Waals surface area contributed by atoms with Gasteiger partial charge in [-0.05, 0) is 30.7 Å². The Bertz CT molecular complexity index is 591. The fourth-order valence-corrected chi connectivity index (χ4v) is 1.60. The number of nitrogens with zero attached hydrogens (tertiary/aromatic N) is 2. The zero-order chi connectivity index (χ0) is 12.6. The van der Waals surface area contributed by atoms with Crippen LogP contribution in [0, 0.1) is 12.7 Å². The van der Waals surface area contributed by atoms with E-state index in [2.05, 4.69) is 5.10 Å². The summed E-state index contributed by atoms with van der Waals surface area (Å²) in [5.74, 6) is -0.840. The number of anilines is 1. The van der Waals surface area contributed by atoms with Crippen LogP contribution in [0.25, 0.3) is 5.69 Å². The Morgan fingerprint density at radius 3 is 2.71 bits per heavy atom. The first-order chi connectivity index (χ1) is 8.00. The summed E-state index contributed by atoms with van der Waals surface area (Å²) >= 11 is 0. The molecule has 1 aromatic carbocycles. The molecule has 0 aliphatic rings. The highest BCUT2D eigenvalue weighted by Gasteiger charge is 2.14. The predicted octanol–water partition coefficient (Wildman–Crippen LogP) is 1.00. The fraction of sp³-hybridized carbons (Fsp3) is 0.0909.